The maximum atomic E-state index is 9.53. The van der Waals surface area contributed by atoms with Gasteiger partial charge in [0.05, 0.1) is 12.7 Å². The lowest BCUT2D eigenvalue weighted by atomic mass is 9.76. The first-order chi connectivity index (χ1) is 8.69. The van der Waals surface area contributed by atoms with Crippen LogP contribution in [0.5, 0.6) is 0 Å². The topological polar surface area (TPSA) is 41.5 Å². The fourth-order valence-electron chi connectivity index (χ4n) is 2.35. The van der Waals surface area contributed by atoms with Crippen LogP contribution in [-0.4, -0.2) is 37.5 Å². The largest absolute Gasteiger partial charge is 0.389 e. The van der Waals surface area contributed by atoms with E-state index in [2.05, 4.69) is 17.4 Å². The second kappa shape index (κ2) is 6.53. The van der Waals surface area contributed by atoms with Crippen molar-refractivity contribution >= 4 is 11.6 Å². The summed E-state index contributed by atoms with van der Waals surface area (Å²) in [4.78, 5) is 0. The molecule has 1 saturated carbocycles. The molecule has 0 aromatic heterocycles. The van der Waals surface area contributed by atoms with Crippen molar-refractivity contribution in [1.82, 2.24) is 5.32 Å². The van der Waals surface area contributed by atoms with Crippen LogP contribution in [0.1, 0.15) is 24.3 Å². The molecule has 18 heavy (non-hydrogen) atoms. The highest BCUT2D eigenvalue weighted by Crippen LogP contribution is 2.37. The molecule has 0 aliphatic heterocycles. The van der Waals surface area contributed by atoms with Gasteiger partial charge in [-0.3, -0.25) is 0 Å². The Morgan fingerprint density at radius 3 is 2.67 bits per heavy atom. The van der Waals surface area contributed by atoms with Crippen LogP contribution in [0.25, 0.3) is 0 Å². The summed E-state index contributed by atoms with van der Waals surface area (Å²) in [7, 11) is 1.60. The molecule has 1 aromatic rings. The lowest BCUT2D eigenvalue weighted by Gasteiger charge is -2.37. The number of hydrogen-bond acceptors (Lipinski definition) is 3. The highest BCUT2D eigenvalue weighted by Gasteiger charge is 2.30. The molecule has 1 aliphatic rings. The van der Waals surface area contributed by atoms with Crippen molar-refractivity contribution in [1.29, 1.82) is 0 Å². The molecule has 2 rings (SSSR count). The average molecular weight is 270 g/mol. The quantitative estimate of drug-likeness (QED) is 0.832. The van der Waals surface area contributed by atoms with Crippen molar-refractivity contribution in [2.45, 2.75) is 30.9 Å². The summed E-state index contributed by atoms with van der Waals surface area (Å²) in [5, 5.41) is 13.7. The molecule has 0 heterocycles. The van der Waals surface area contributed by atoms with Crippen LogP contribution >= 0.6 is 11.6 Å². The van der Waals surface area contributed by atoms with E-state index in [-0.39, 0.29) is 0 Å². The summed E-state index contributed by atoms with van der Waals surface area (Å²) in [6.45, 7) is 0.992. The second-order valence-corrected chi connectivity index (χ2v) is 5.37. The first-order valence-corrected chi connectivity index (χ1v) is 6.72. The zero-order valence-corrected chi connectivity index (χ0v) is 11.4. The standard InChI is InChI=1S/C14H20ClNO2/c1-18-9-14(17)8-16-13-6-11(7-13)10-2-4-12(15)5-3-10/h2-5,11,13-14,16-17H,6-9H2,1H3. The van der Waals surface area contributed by atoms with E-state index >= 15 is 0 Å². The Bertz CT molecular complexity index is 363. The number of benzene rings is 1. The Morgan fingerprint density at radius 2 is 2.06 bits per heavy atom. The van der Waals surface area contributed by atoms with E-state index in [1.165, 1.54) is 5.56 Å². The van der Waals surface area contributed by atoms with Gasteiger partial charge in [0, 0.05) is 24.7 Å². The Morgan fingerprint density at radius 1 is 1.39 bits per heavy atom. The van der Waals surface area contributed by atoms with E-state index in [1.54, 1.807) is 7.11 Å². The minimum absolute atomic E-state index is 0.389. The summed E-state index contributed by atoms with van der Waals surface area (Å²) in [5.74, 6) is 0.624. The summed E-state index contributed by atoms with van der Waals surface area (Å²) >= 11 is 5.87. The number of hydrogen-bond donors (Lipinski definition) is 2. The fraction of sp³-hybridized carbons (Fsp3) is 0.571. The molecule has 4 heteroatoms. The van der Waals surface area contributed by atoms with Crippen molar-refractivity contribution in [2.75, 3.05) is 20.3 Å². The summed E-state index contributed by atoms with van der Waals surface area (Å²) in [5.41, 5.74) is 1.36. The molecule has 100 valence electrons. The number of halogens is 1. The lowest BCUT2D eigenvalue weighted by Crippen LogP contribution is -2.44. The second-order valence-electron chi connectivity index (χ2n) is 4.93. The van der Waals surface area contributed by atoms with Crippen LogP contribution in [0.3, 0.4) is 0 Å². The van der Waals surface area contributed by atoms with E-state index in [0.717, 1.165) is 17.9 Å². The molecule has 1 fully saturated rings. The van der Waals surface area contributed by atoms with Gasteiger partial charge in [0.15, 0.2) is 0 Å². The van der Waals surface area contributed by atoms with E-state index in [0.29, 0.717) is 25.1 Å². The molecule has 0 spiro atoms. The first kappa shape index (κ1) is 13.8. The van der Waals surface area contributed by atoms with Crippen LogP contribution in [0.4, 0.5) is 0 Å². The minimum Gasteiger partial charge on any atom is -0.389 e. The smallest absolute Gasteiger partial charge is 0.0897 e. The Balaban J connectivity index is 1.69. The number of ether oxygens (including phenoxy) is 1. The third-order valence-corrected chi connectivity index (χ3v) is 3.73. The fourth-order valence-corrected chi connectivity index (χ4v) is 2.47. The molecule has 2 N–H and O–H groups in total. The maximum absolute atomic E-state index is 9.53. The number of nitrogens with one attached hydrogen (secondary N) is 1. The van der Waals surface area contributed by atoms with Crippen molar-refractivity contribution in [3.63, 3.8) is 0 Å². The van der Waals surface area contributed by atoms with Crippen molar-refractivity contribution in [3.05, 3.63) is 34.9 Å². The third-order valence-electron chi connectivity index (χ3n) is 3.48. The molecule has 0 bridgehead atoms. The minimum atomic E-state index is -0.412. The average Bonchev–Trinajstić information content (AvgIpc) is 2.29. The molecule has 0 saturated heterocycles. The lowest BCUT2D eigenvalue weighted by molar-refractivity contribution is 0.0597. The van der Waals surface area contributed by atoms with Crippen molar-refractivity contribution in [3.8, 4) is 0 Å². The summed E-state index contributed by atoms with van der Waals surface area (Å²) in [6.07, 6.45) is 1.84. The SMILES string of the molecule is COCC(O)CNC1CC(c2ccc(Cl)cc2)C1. The Hall–Kier alpha value is -0.610. The maximum Gasteiger partial charge on any atom is 0.0897 e. The number of rotatable bonds is 6. The van der Waals surface area contributed by atoms with Crippen LogP contribution in [0.2, 0.25) is 5.02 Å². The van der Waals surface area contributed by atoms with Gasteiger partial charge in [-0.05, 0) is 36.5 Å². The van der Waals surface area contributed by atoms with E-state index in [1.807, 2.05) is 12.1 Å². The van der Waals surface area contributed by atoms with Crippen LogP contribution in [0, 0.1) is 0 Å². The van der Waals surface area contributed by atoms with Gasteiger partial charge in [-0.25, -0.2) is 0 Å². The molecule has 1 aliphatic carbocycles. The molecule has 1 aromatic carbocycles. The van der Waals surface area contributed by atoms with Crippen molar-refractivity contribution in [2.24, 2.45) is 0 Å². The molecule has 3 nitrogen and oxygen atoms in total. The van der Waals surface area contributed by atoms with Crippen LogP contribution in [0.15, 0.2) is 24.3 Å². The van der Waals surface area contributed by atoms with Crippen molar-refractivity contribution < 1.29 is 9.84 Å². The van der Waals surface area contributed by atoms with Gasteiger partial charge in [0.25, 0.3) is 0 Å². The molecule has 0 amide bonds. The van der Waals surface area contributed by atoms with Gasteiger partial charge in [-0.15, -0.1) is 0 Å². The predicted molar refractivity (Wildman–Crippen MR) is 73.1 cm³/mol. The number of aliphatic hydroxyl groups is 1. The molecule has 1 atom stereocenters. The van der Waals surface area contributed by atoms with Gasteiger partial charge < -0.3 is 15.2 Å². The van der Waals surface area contributed by atoms with E-state index in [4.69, 9.17) is 16.3 Å². The molecular weight excluding hydrogens is 250 g/mol. The Labute approximate surface area is 113 Å². The third kappa shape index (κ3) is 3.69. The molecule has 1 unspecified atom stereocenters. The van der Waals surface area contributed by atoms with Gasteiger partial charge >= 0.3 is 0 Å². The van der Waals surface area contributed by atoms with Gasteiger partial charge in [0.1, 0.15) is 0 Å². The zero-order chi connectivity index (χ0) is 13.0. The monoisotopic (exact) mass is 269 g/mol. The van der Waals surface area contributed by atoms with E-state index in [9.17, 15) is 5.11 Å². The van der Waals surface area contributed by atoms with Crippen LogP contribution in [-0.2, 0) is 4.74 Å². The molecular formula is C14H20ClNO2. The summed E-state index contributed by atoms with van der Waals surface area (Å²) in [6, 6.07) is 8.60. The predicted octanol–water partition coefficient (Wildman–Crippen LogP) is 2.18. The zero-order valence-electron chi connectivity index (χ0n) is 10.6. The highest BCUT2D eigenvalue weighted by molar-refractivity contribution is 6.30. The van der Waals surface area contributed by atoms with Gasteiger partial charge in [-0.2, -0.15) is 0 Å². The van der Waals surface area contributed by atoms with Gasteiger partial charge in [0.2, 0.25) is 0 Å². The molecule has 0 radical (unpaired) electrons. The first-order valence-electron chi connectivity index (χ1n) is 6.35. The number of aliphatic hydroxyl groups excluding tert-OH is 1. The highest BCUT2D eigenvalue weighted by atomic mass is 35.5. The van der Waals surface area contributed by atoms with Crippen LogP contribution < -0.4 is 5.32 Å². The number of methoxy groups -OCH3 is 1. The summed E-state index contributed by atoms with van der Waals surface area (Å²) < 4.78 is 4.89. The van der Waals surface area contributed by atoms with Gasteiger partial charge in [-0.1, -0.05) is 23.7 Å². The normalized spacial score (nSPS) is 24.6. The van der Waals surface area contributed by atoms with E-state index < -0.39 is 6.10 Å². The Kier molecular flexibility index (Phi) is 5.01.